The zero-order valence-corrected chi connectivity index (χ0v) is 14.9. The minimum absolute atomic E-state index is 0.176. The molecule has 0 spiro atoms. The molecule has 0 unspecified atom stereocenters. The van der Waals surface area contributed by atoms with Gasteiger partial charge in [-0.05, 0) is 36.2 Å². The summed E-state index contributed by atoms with van der Waals surface area (Å²) in [6.07, 6.45) is 0. The van der Waals surface area contributed by atoms with Crippen LogP contribution in [0.25, 0.3) is 0 Å². The summed E-state index contributed by atoms with van der Waals surface area (Å²) in [5.41, 5.74) is 4.83. The van der Waals surface area contributed by atoms with Crippen LogP contribution in [0.15, 0.2) is 30.3 Å². The molecule has 128 valence electrons. The fraction of sp³-hybridized carbons (Fsp3) is 0.294. The van der Waals surface area contributed by atoms with E-state index in [1.54, 1.807) is 30.3 Å². The number of nitrogens with zero attached hydrogens (tertiary/aromatic N) is 1. The topological polar surface area (TPSA) is 56.8 Å². The maximum atomic E-state index is 9.91. The van der Waals surface area contributed by atoms with Gasteiger partial charge in [0.15, 0.2) is 5.75 Å². The molecular weight excluding hydrogens is 349 g/mol. The number of hydrogen-bond acceptors (Lipinski definition) is 5. The Morgan fingerprint density at radius 2 is 1.88 bits per heavy atom. The van der Waals surface area contributed by atoms with Gasteiger partial charge in [-0.2, -0.15) is 0 Å². The van der Waals surface area contributed by atoms with Crippen LogP contribution in [0.4, 0.5) is 5.69 Å². The standard InChI is InChI=1S/C17H19Cl2N3O2/c1-10(2)13-7-12(3-4-16(13)23)24-17-14(18)5-11(6-15(17)19)22-9-20-8-21-22/h3-7,10,20-21,23H,8-9H2,1-2H3. The molecule has 24 heavy (non-hydrogen) atoms. The summed E-state index contributed by atoms with van der Waals surface area (Å²) >= 11 is 12.7. The molecule has 5 nitrogen and oxygen atoms in total. The molecule has 1 aliphatic heterocycles. The molecule has 0 atom stereocenters. The van der Waals surface area contributed by atoms with Gasteiger partial charge in [-0.3, -0.25) is 10.3 Å². The Balaban J connectivity index is 1.89. The lowest BCUT2D eigenvalue weighted by Crippen LogP contribution is -2.30. The van der Waals surface area contributed by atoms with E-state index in [-0.39, 0.29) is 11.7 Å². The van der Waals surface area contributed by atoms with Crippen LogP contribution >= 0.6 is 23.2 Å². The summed E-state index contributed by atoms with van der Waals surface area (Å²) < 4.78 is 5.87. The highest BCUT2D eigenvalue weighted by Crippen LogP contribution is 2.40. The first-order valence-electron chi connectivity index (χ1n) is 7.67. The second kappa shape index (κ2) is 7.07. The van der Waals surface area contributed by atoms with Gasteiger partial charge in [-0.25, -0.2) is 5.43 Å². The van der Waals surface area contributed by atoms with Crippen molar-refractivity contribution in [1.82, 2.24) is 10.7 Å². The van der Waals surface area contributed by atoms with Crippen LogP contribution in [-0.4, -0.2) is 18.4 Å². The highest BCUT2D eigenvalue weighted by Gasteiger charge is 2.17. The van der Waals surface area contributed by atoms with Gasteiger partial charge < -0.3 is 9.84 Å². The van der Waals surface area contributed by atoms with Crippen LogP contribution in [-0.2, 0) is 0 Å². The van der Waals surface area contributed by atoms with Crippen molar-refractivity contribution < 1.29 is 9.84 Å². The van der Waals surface area contributed by atoms with Gasteiger partial charge in [-0.1, -0.05) is 37.0 Å². The maximum absolute atomic E-state index is 9.91. The van der Waals surface area contributed by atoms with E-state index in [1.165, 1.54) is 0 Å². The average Bonchev–Trinajstić information content (AvgIpc) is 3.06. The van der Waals surface area contributed by atoms with Crippen LogP contribution < -0.4 is 20.5 Å². The molecule has 7 heteroatoms. The van der Waals surface area contributed by atoms with E-state index in [1.807, 2.05) is 18.9 Å². The highest BCUT2D eigenvalue weighted by atomic mass is 35.5. The summed E-state index contributed by atoms with van der Waals surface area (Å²) in [6.45, 7) is 5.37. The smallest absolute Gasteiger partial charge is 0.164 e. The Labute approximate surface area is 151 Å². The summed E-state index contributed by atoms with van der Waals surface area (Å²) in [5, 5.41) is 15.8. The highest BCUT2D eigenvalue weighted by molar-refractivity contribution is 6.37. The Morgan fingerprint density at radius 1 is 1.17 bits per heavy atom. The zero-order valence-electron chi connectivity index (χ0n) is 13.4. The first kappa shape index (κ1) is 17.2. The predicted molar refractivity (Wildman–Crippen MR) is 97.2 cm³/mol. The lowest BCUT2D eigenvalue weighted by molar-refractivity contribution is 0.455. The quantitative estimate of drug-likeness (QED) is 0.745. The van der Waals surface area contributed by atoms with Crippen molar-refractivity contribution >= 4 is 28.9 Å². The van der Waals surface area contributed by atoms with Crippen molar-refractivity contribution in [2.45, 2.75) is 19.8 Å². The Kier molecular flexibility index (Phi) is 5.06. The van der Waals surface area contributed by atoms with Gasteiger partial charge in [0.05, 0.1) is 29.1 Å². The van der Waals surface area contributed by atoms with Gasteiger partial charge in [0.2, 0.25) is 0 Å². The van der Waals surface area contributed by atoms with E-state index in [4.69, 9.17) is 27.9 Å². The molecule has 0 amide bonds. The Bertz CT molecular complexity index is 724. The Hall–Kier alpha value is -1.66. The zero-order chi connectivity index (χ0) is 17.3. The number of hydrogen-bond donors (Lipinski definition) is 3. The number of halogens is 2. The number of ether oxygens (including phenoxy) is 1. The van der Waals surface area contributed by atoms with Crippen molar-refractivity contribution in [3.63, 3.8) is 0 Å². The molecule has 2 aromatic rings. The molecule has 1 aliphatic rings. The molecule has 0 radical (unpaired) electrons. The predicted octanol–water partition coefficient (Wildman–Crippen LogP) is 4.44. The van der Waals surface area contributed by atoms with Gasteiger partial charge in [0.25, 0.3) is 0 Å². The van der Waals surface area contributed by atoms with Gasteiger partial charge >= 0.3 is 0 Å². The number of nitrogens with one attached hydrogen (secondary N) is 2. The van der Waals surface area contributed by atoms with E-state index in [0.717, 1.165) is 11.3 Å². The number of aromatic hydroxyl groups is 1. The maximum Gasteiger partial charge on any atom is 0.164 e. The van der Waals surface area contributed by atoms with Crippen molar-refractivity contribution in [2.75, 3.05) is 18.3 Å². The van der Waals surface area contributed by atoms with Crippen LogP contribution in [0.3, 0.4) is 0 Å². The third-order valence-corrected chi connectivity index (χ3v) is 4.36. The average molecular weight is 368 g/mol. The van der Waals surface area contributed by atoms with Gasteiger partial charge in [-0.15, -0.1) is 0 Å². The summed E-state index contributed by atoms with van der Waals surface area (Å²) in [5.74, 6) is 1.40. The molecule has 1 fully saturated rings. The van der Waals surface area contributed by atoms with E-state index < -0.39 is 0 Å². The molecule has 1 saturated heterocycles. The lowest BCUT2D eigenvalue weighted by Gasteiger charge is -2.19. The normalized spacial score (nSPS) is 14.5. The van der Waals surface area contributed by atoms with Gasteiger partial charge in [0, 0.05) is 5.56 Å². The number of phenols is 1. The number of anilines is 1. The minimum Gasteiger partial charge on any atom is -0.508 e. The molecule has 0 aliphatic carbocycles. The first-order valence-corrected chi connectivity index (χ1v) is 8.43. The molecule has 3 rings (SSSR count). The third-order valence-electron chi connectivity index (χ3n) is 3.80. The van der Waals surface area contributed by atoms with Crippen molar-refractivity contribution in [3.8, 4) is 17.2 Å². The van der Waals surface area contributed by atoms with E-state index in [2.05, 4.69) is 10.7 Å². The SMILES string of the molecule is CC(C)c1cc(Oc2c(Cl)cc(N3CNCN3)cc2Cl)ccc1O. The van der Waals surface area contributed by atoms with Crippen molar-refractivity contribution in [3.05, 3.63) is 45.9 Å². The second-order valence-corrected chi connectivity index (χ2v) is 6.70. The molecule has 0 saturated carbocycles. The van der Waals surface area contributed by atoms with Crippen LogP contribution in [0.1, 0.15) is 25.3 Å². The van der Waals surface area contributed by atoms with Crippen LogP contribution in [0, 0.1) is 0 Å². The van der Waals surface area contributed by atoms with E-state index in [9.17, 15) is 5.11 Å². The van der Waals surface area contributed by atoms with Crippen molar-refractivity contribution in [2.24, 2.45) is 0 Å². The number of phenolic OH excluding ortho intramolecular Hbond substituents is 1. The molecule has 3 N–H and O–H groups in total. The number of rotatable bonds is 4. The lowest BCUT2D eigenvalue weighted by atomic mass is 10.0. The number of hydrazine groups is 1. The van der Waals surface area contributed by atoms with Crippen LogP contribution in [0.2, 0.25) is 10.0 Å². The fourth-order valence-corrected chi connectivity index (χ4v) is 3.09. The molecule has 0 aromatic heterocycles. The van der Waals surface area contributed by atoms with Crippen LogP contribution in [0.5, 0.6) is 17.2 Å². The molecule has 0 bridgehead atoms. The van der Waals surface area contributed by atoms with Crippen molar-refractivity contribution in [1.29, 1.82) is 0 Å². The number of benzene rings is 2. The fourth-order valence-electron chi connectivity index (χ4n) is 2.53. The van der Waals surface area contributed by atoms with E-state index >= 15 is 0 Å². The summed E-state index contributed by atoms with van der Waals surface area (Å²) in [4.78, 5) is 0. The Morgan fingerprint density at radius 3 is 2.46 bits per heavy atom. The molecule has 2 aromatic carbocycles. The monoisotopic (exact) mass is 367 g/mol. The summed E-state index contributed by atoms with van der Waals surface area (Å²) in [6, 6.07) is 8.69. The largest absolute Gasteiger partial charge is 0.508 e. The summed E-state index contributed by atoms with van der Waals surface area (Å²) in [7, 11) is 0. The van der Waals surface area contributed by atoms with Gasteiger partial charge in [0.1, 0.15) is 11.5 Å². The minimum atomic E-state index is 0.176. The third kappa shape index (κ3) is 3.54. The first-order chi connectivity index (χ1) is 11.5. The van der Waals surface area contributed by atoms with E-state index in [0.29, 0.717) is 34.9 Å². The molecule has 1 heterocycles. The second-order valence-electron chi connectivity index (χ2n) is 5.89. The molecular formula is C17H19Cl2N3O2.